The molecule has 1 nitrogen and oxygen atoms in total. The van der Waals surface area contributed by atoms with Crippen molar-refractivity contribution >= 4 is 26.4 Å². The highest BCUT2D eigenvalue weighted by molar-refractivity contribution is 8.34. The molecule has 2 heterocycles. The number of hydrogen-bond donors (Lipinski definition) is 1. The van der Waals surface area contributed by atoms with Crippen molar-refractivity contribution in [2.24, 2.45) is 0 Å². The molecule has 78 valence electrons. The quantitative estimate of drug-likeness (QED) is 0.531. The molecule has 0 radical (unpaired) electrons. The van der Waals surface area contributed by atoms with E-state index in [1.54, 1.807) is 16.5 Å². The van der Waals surface area contributed by atoms with E-state index in [0.717, 1.165) is 0 Å². The van der Waals surface area contributed by atoms with Crippen molar-refractivity contribution in [3.8, 4) is 0 Å². The van der Waals surface area contributed by atoms with Crippen LogP contribution < -0.4 is 10.4 Å². The molecule has 3 heteroatoms. The predicted octanol–water partition coefficient (Wildman–Crippen LogP) is 3.88. The lowest BCUT2D eigenvalue weighted by atomic mass is 10.2. The van der Waals surface area contributed by atoms with Crippen molar-refractivity contribution in [1.82, 2.24) is 0 Å². The van der Waals surface area contributed by atoms with Gasteiger partial charge < -0.3 is 5.09 Å². The Morgan fingerprint density at radius 1 is 1.07 bits per heavy atom. The fourth-order valence-electron chi connectivity index (χ4n) is 2.14. The summed E-state index contributed by atoms with van der Waals surface area (Å²) in [7, 11) is 0.139. The molecule has 0 aliphatic carbocycles. The highest BCUT2D eigenvalue weighted by Crippen LogP contribution is 2.75. The van der Waals surface area contributed by atoms with Gasteiger partial charge in [-0.15, -0.1) is 0 Å². The Kier molecular flexibility index (Phi) is 2.34. The van der Waals surface area contributed by atoms with Crippen LogP contribution in [0.4, 0.5) is 5.69 Å². The average molecular weight is 235 g/mol. The van der Waals surface area contributed by atoms with Crippen LogP contribution in [0.5, 0.6) is 0 Å². The maximum absolute atomic E-state index is 3.75. The van der Waals surface area contributed by atoms with Gasteiger partial charge in [0.1, 0.15) is 0 Å². The van der Waals surface area contributed by atoms with E-state index in [1.807, 2.05) is 0 Å². The lowest BCUT2D eigenvalue weighted by Gasteiger charge is -2.27. The molecule has 15 heavy (non-hydrogen) atoms. The monoisotopic (exact) mass is 235 g/mol. The SMILES string of the molecule is CC1=C(C)CP2c3ccccc3NP2C1. The topological polar surface area (TPSA) is 12.0 Å². The van der Waals surface area contributed by atoms with Gasteiger partial charge in [0.25, 0.3) is 0 Å². The Morgan fingerprint density at radius 2 is 1.80 bits per heavy atom. The van der Waals surface area contributed by atoms with Gasteiger partial charge in [-0.25, -0.2) is 0 Å². The highest BCUT2D eigenvalue weighted by atomic mass is 32.1. The molecular formula is C12H15NP2. The van der Waals surface area contributed by atoms with E-state index < -0.39 is 0 Å². The van der Waals surface area contributed by atoms with Crippen molar-refractivity contribution in [2.45, 2.75) is 13.8 Å². The molecule has 1 N–H and O–H groups in total. The van der Waals surface area contributed by atoms with Crippen molar-refractivity contribution in [3.05, 3.63) is 35.4 Å². The zero-order valence-corrected chi connectivity index (χ0v) is 10.9. The highest BCUT2D eigenvalue weighted by Gasteiger charge is 2.34. The summed E-state index contributed by atoms with van der Waals surface area (Å²) in [5.74, 6) is 0. The molecule has 2 unspecified atom stereocenters. The number of rotatable bonds is 0. The summed E-state index contributed by atoms with van der Waals surface area (Å²) in [6.45, 7) is 4.61. The van der Waals surface area contributed by atoms with Crippen molar-refractivity contribution in [2.75, 3.05) is 17.4 Å². The second-order valence-corrected chi connectivity index (χ2v) is 10.1. The first kappa shape index (κ1) is 9.82. The van der Waals surface area contributed by atoms with Gasteiger partial charge in [0, 0.05) is 24.9 Å². The van der Waals surface area contributed by atoms with Crippen LogP contribution in [0.2, 0.25) is 0 Å². The number of allylic oxidation sites excluding steroid dienone is 2. The summed E-state index contributed by atoms with van der Waals surface area (Å²) in [5.41, 5.74) is 4.68. The number of fused-ring (bicyclic) bond motifs is 3. The van der Waals surface area contributed by atoms with Gasteiger partial charge in [-0.1, -0.05) is 29.3 Å². The van der Waals surface area contributed by atoms with Crippen LogP contribution in [0.3, 0.4) is 0 Å². The summed E-state index contributed by atoms with van der Waals surface area (Å²) in [6, 6.07) is 8.89. The smallest absolute Gasteiger partial charge is 0.0457 e. The summed E-state index contributed by atoms with van der Waals surface area (Å²) in [6.07, 6.45) is 2.64. The van der Waals surface area contributed by atoms with Crippen molar-refractivity contribution in [1.29, 1.82) is 0 Å². The minimum atomic E-state index is 0.0445. The maximum atomic E-state index is 3.75. The molecule has 0 spiro atoms. The van der Waals surface area contributed by atoms with Crippen molar-refractivity contribution in [3.63, 3.8) is 0 Å². The van der Waals surface area contributed by atoms with Crippen LogP contribution in [0, 0.1) is 0 Å². The molecule has 0 saturated carbocycles. The number of benzene rings is 1. The first-order chi connectivity index (χ1) is 7.25. The molecule has 0 saturated heterocycles. The van der Waals surface area contributed by atoms with Crippen LogP contribution >= 0.6 is 15.4 Å². The molecule has 3 rings (SSSR count). The zero-order valence-electron chi connectivity index (χ0n) is 9.12. The van der Waals surface area contributed by atoms with E-state index in [-0.39, 0.29) is 15.4 Å². The van der Waals surface area contributed by atoms with Gasteiger partial charge in [0.15, 0.2) is 0 Å². The van der Waals surface area contributed by atoms with Crippen molar-refractivity contribution < 1.29 is 0 Å². The number of para-hydroxylation sites is 1. The minimum Gasteiger partial charge on any atom is -0.360 e. The van der Waals surface area contributed by atoms with Crippen LogP contribution in [0.15, 0.2) is 35.4 Å². The van der Waals surface area contributed by atoms with Crippen LogP contribution in [0.1, 0.15) is 13.8 Å². The summed E-state index contributed by atoms with van der Waals surface area (Å²) >= 11 is 0. The van der Waals surface area contributed by atoms with Gasteiger partial charge in [-0.05, 0) is 33.7 Å². The number of anilines is 1. The number of hydrogen-bond acceptors (Lipinski definition) is 1. The molecular weight excluding hydrogens is 220 g/mol. The standard InChI is InChI=1S/C12H15NP2/c1-9-7-14-12-6-4-3-5-11(12)13-15(14)8-10(9)2/h3-6,13H,7-8H2,1-2H3. The Labute approximate surface area is 93.4 Å². The third-order valence-corrected chi connectivity index (χ3v) is 10.3. The second kappa shape index (κ2) is 3.58. The minimum absolute atomic E-state index is 0.0445. The molecule has 0 bridgehead atoms. The van der Waals surface area contributed by atoms with Crippen LogP contribution in [-0.2, 0) is 0 Å². The molecule has 2 aliphatic heterocycles. The zero-order chi connectivity index (χ0) is 10.4. The molecule has 0 amide bonds. The lowest BCUT2D eigenvalue weighted by Crippen LogP contribution is -2.05. The van der Waals surface area contributed by atoms with Gasteiger partial charge >= 0.3 is 0 Å². The van der Waals surface area contributed by atoms with Gasteiger partial charge in [-0.3, -0.25) is 0 Å². The predicted molar refractivity (Wildman–Crippen MR) is 71.6 cm³/mol. The first-order valence-corrected chi connectivity index (χ1v) is 9.07. The summed E-state index contributed by atoms with van der Waals surface area (Å²) in [5, 5.41) is 5.36. The largest absolute Gasteiger partial charge is 0.360 e. The Bertz CT molecular complexity index is 439. The molecule has 0 aromatic heterocycles. The molecule has 2 aliphatic rings. The van der Waals surface area contributed by atoms with E-state index in [9.17, 15) is 0 Å². The maximum Gasteiger partial charge on any atom is 0.0457 e. The fourth-order valence-corrected chi connectivity index (χ4v) is 10.1. The van der Waals surface area contributed by atoms with E-state index in [2.05, 4.69) is 43.2 Å². The Morgan fingerprint density at radius 3 is 2.67 bits per heavy atom. The lowest BCUT2D eigenvalue weighted by molar-refractivity contribution is 1.24. The van der Waals surface area contributed by atoms with Crippen LogP contribution in [-0.4, -0.2) is 12.3 Å². The third-order valence-electron chi connectivity index (χ3n) is 3.23. The van der Waals surface area contributed by atoms with Gasteiger partial charge in [0.05, 0.1) is 0 Å². The van der Waals surface area contributed by atoms with Crippen LogP contribution in [0.25, 0.3) is 0 Å². The van der Waals surface area contributed by atoms with Gasteiger partial charge in [-0.2, -0.15) is 0 Å². The van der Waals surface area contributed by atoms with E-state index in [4.69, 9.17) is 0 Å². The second-order valence-electron chi connectivity index (χ2n) is 4.30. The molecule has 1 aromatic rings. The Hall–Kier alpha value is -0.380. The van der Waals surface area contributed by atoms with E-state index in [1.165, 1.54) is 18.0 Å². The summed E-state index contributed by atoms with van der Waals surface area (Å²) in [4.78, 5) is 0. The van der Waals surface area contributed by atoms with E-state index >= 15 is 0 Å². The third kappa shape index (κ3) is 1.53. The first-order valence-electron chi connectivity index (χ1n) is 5.31. The normalized spacial score (nSPS) is 28.4. The molecule has 0 fully saturated rings. The molecule has 1 aromatic carbocycles. The number of nitrogens with one attached hydrogen (secondary N) is 1. The average Bonchev–Trinajstić information content (AvgIpc) is 2.57. The molecule has 2 atom stereocenters. The van der Waals surface area contributed by atoms with E-state index in [0.29, 0.717) is 0 Å². The fraction of sp³-hybridized carbons (Fsp3) is 0.333. The Balaban J connectivity index is 2.01. The van der Waals surface area contributed by atoms with Gasteiger partial charge in [0.2, 0.25) is 0 Å². The summed E-state index contributed by atoms with van der Waals surface area (Å²) < 4.78 is 0.